The number of anilines is 2. The maximum Gasteiger partial charge on any atom is 0.476 e. The summed E-state index contributed by atoms with van der Waals surface area (Å²) in [7, 11) is -2.81. The van der Waals surface area contributed by atoms with Crippen LogP contribution in [0.5, 0.6) is 0 Å². The topological polar surface area (TPSA) is 110 Å². The molecule has 0 aliphatic rings. The van der Waals surface area contributed by atoms with Crippen molar-refractivity contribution in [3.8, 4) is 0 Å². The van der Waals surface area contributed by atoms with Gasteiger partial charge in [-0.1, -0.05) is 35.3 Å². The van der Waals surface area contributed by atoms with Crippen molar-refractivity contribution >= 4 is 22.2 Å². The number of nitrogen functional groups attached to an aromatic ring is 1. The molecule has 0 aliphatic carbocycles. The van der Waals surface area contributed by atoms with E-state index in [2.05, 4.69) is 9.27 Å². The van der Waals surface area contributed by atoms with Gasteiger partial charge in [-0.25, -0.2) is 4.28 Å². The predicted octanol–water partition coefficient (Wildman–Crippen LogP) is 0.170. The zero-order valence-corrected chi connectivity index (χ0v) is 13.7. The van der Waals surface area contributed by atoms with Gasteiger partial charge in [0.05, 0.1) is 0 Å². The largest absolute Gasteiger partial charge is 0.476 e. The van der Waals surface area contributed by atoms with Crippen molar-refractivity contribution in [2.24, 2.45) is 0 Å². The highest BCUT2D eigenvalue weighted by Gasteiger charge is 2.21. The number of nitrogens with two attached hydrogens (primary N) is 1. The van der Waals surface area contributed by atoms with E-state index in [4.69, 9.17) is 10.3 Å². The maximum atomic E-state index is 10.8. The van der Waals surface area contributed by atoms with Gasteiger partial charge < -0.3 is 4.90 Å². The Morgan fingerprint density at radius 1 is 1.35 bits per heavy atom. The van der Waals surface area contributed by atoms with E-state index in [9.17, 15) is 8.42 Å². The highest BCUT2D eigenvalue weighted by atomic mass is 32.3. The van der Waals surface area contributed by atoms with Gasteiger partial charge in [0.1, 0.15) is 5.69 Å². The van der Waals surface area contributed by atoms with Gasteiger partial charge in [0.2, 0.25) is 5.82 Å². The molecule has 1 aromatic heterocycles. The van der Waals surface area contributed by atoms with Crippen LogP contribution in [0, 0.1) is 6.92 Å². The summed E-state index contributed by atoms with van der Waals surface area (Å²) in [5, 5.41) is 0. The quantitative estimate of drug-likeness (QED) is 0.570. The monoisotopic (exact) mass is 339 g/mol. The Bertz CT molecular complexity index is 758. The molecule has 0 saturated carbocycles. The summed E-state index contributed by atoms with van der Waals surface area (Å²) in [5.74, 6) is 0.398. The number of hydrogen-bond acceptors (Lipinski definition) is 6. The first kappa shape index (κ1) is 17.0. The molecule has 1 aromatic carbocycles. The third-order valence-corrected chi connectivity index (χ3v) is 3.57. The summed E-state index contributed by atoms with van der Waals surface area (Å²) in [5.41, 5.74) is 7.28. The van der Waals surface area contributed by atoms with Gasteiger partial charge in [-0.3, -0.25) is 10.3 Å². The molecule has 8 nitrogen and oxygen atoms in total. The van der Waals surface area contributed by atoms with E-state index < -0.39 is 10.4 Å². The Labute approximate surface area is 135 Å². The summed E-state index contributed by atoms with van der Waals surface area (Å²) in [6.45, 7) is 2.30. The molecule has 0 aliphatic heterocycles. The third-order valence-electron chi connectivity index (χ3n) is 3.23. The van der Waals surface area contributed by atoms with Crippen molar-refractivity contribution in [2.75, 3.05) is 24.2 Å². The molecule has 0 spiro atoms. The van der Waals surface area contributed by atoms with Gasteiger partial charge in [0.15, 0.2) is 0 Å². The number of aryl methyl sites for hydroxylation is 1. The van der Waals surface area contributed by atoms with Gasteiger partial charge in [-0.05, 0) is 23.6 Å². The first-order chi connectivity index (χ1) is 10.8. The number of benzene rings is 1. The second-order valence-corrected chi connectivity index (χ2v) is 6.07. The lowest BCUT2D eigenvalue weighted by Crippen LogP contribution is -2.51. The molecule has 3 N–H and O–H groups in total. The second kappa shape index (κ2) is 6.80. The van der Waals surface area contributed by atoms with E-state index in [1.807, 2.05) is 42.3 Å². The average Bonchev–Trinajstić information content (AvgIpc) is 2.48. The first-order valence-corrected chi connectivity index (χ1v) is 8.24. The van der Waals surface area contributed by atoms with E-state index in [1.165, 1.54) is 5.56 Å². The molecular formula is C14H19N4O4S+. The van der Waals surface area contributed by atoms with Gasteiger partial charge in [-0.15, -0.1) is 0 Å². The first-order valence-electron chi connectivity index (χ1n) is 6.88. The van der Waals surface area contributed by atoms with Crippen molar-refractivity contribution < 1.29 is 22.0 Å². The normalized spacial score (nSPS) is 11.3. The molecule has 0 amide bonds. The minimum atomic E-state index is -4.67. The Balaban J connectivity index is 2.14. The van der Waals surface area contributed by atoms with Crippen molar-refractivity contribution in [3.63, 3.8) is 0 Å². The lowest BCUT2D eigenvalue weighted by molar-refractivity contribution is -0.851. The molecule has 0 saturated heterocycles. The van der Waals surface area contributed by atoms with Crippen molar-refractivity contribution in [1.82, 2.24) is 4.98 Å². The molecule has 2 aromatic rings. The average molecular weight is 339 g/mol. The Kier molecular flexibility index (Phi) is 5.02. The van der Waals surface area contributed by atoms with Crippen LogP contribution < -0.4 is 19.6 Å². The molecule has 0 atom stereocenters. The summed E-state index contributed by atoms with van der Waals surface area (Å²) in [4.78, 5) is 5.99. The van der Waals surface area contributed by atoms with Crippen LogP contribution in [0.2, 0.25) is 0 Å². The summed E-state index contributed by atoms with van der Waals surface area (Å²) >= 11 is 0. The van der Waals surface area contributed by atoms with E-state index in [-0.39, 0.29) is 5.95 Å². The van der Waals surface area contributed by atoms with Crippen LogP contribution in [0.15, 0.2) is 36.4 Å². The standard InChI is InChI=1S/C14H18N4O4S/c1-11-10-13(16-14(15)18(11)22-23(19,20)21)17(2)9-8-12-6-4-3-5-7-12/h3-7,10,15H,8-9H2,1-2H3,(H,19,20,21)/p+1. The second-order valence-electron chi connectivity index (χ2n) is 5.07. The van der Waals surface area contributed by atoms with E-state index in [0.29, 0.717) is 18.1 Å². The predicted molar refractivity (Wildman–Crippen MR) is 85.1 cm³/mol. The van der Waals surface area contributed by atoms with Crippen LogP contribution >= 0.6 is 0 Å². The smallest absolute Gasteiger partial charge is 0.346 e. The highest BCUT2D eigenvalue weighted by molar-refractivity contribution is 7.80. The number of nitrogens with zero attached hydrogens (tertiary/aromatic N) is 3. The zero-order valence-electron chi connectivity index (χ0n) is 12.9. The summed E-state index contributed by atoms with van der Waals surface area (Å²) in [6, 6.07) is 11.6. The molecule has 0 radical (unpaired) electrons. The highest BCUT2D eigenvalue weighted by Crippen LogP contribution is 2.12. The fraction of sp³-hybridized carbons (Fsp3) is 0.286. The number of aromatic nitrogens is 2. The fourth-order valence-electron chi connectivity index (χ4n) is 2.06. The van der Waals surface area contributed by atoms with Crippen LogP contribution in [-0.2, 0) is 16.8 Å². The van der Waals surface area contributed by atoms with Crippen LogP contribution in [0.25, 0.3) is 0 Å². The molecular weight excluding hydrogens is 320 g/mol. The minimum Gasteiger partial charge on any atom is -0.346 e. The third kappa shape index (κ3) is 4.80. The van der Waals surface area contributed by atoms with Crippen molar-refractivity contribution in [2.45, 2.75) is 13.3 Å². The Hall–Kier alpha value is -2.39. The van der Waals surface area contributed by atoms with Gasteiger partial charge in [-0.2, -0.15) is 8.42 Å². The molecule has 2 rings (SSSR count). The van der Waals surface area contributed by atoms with Crippen LogP contribution in [0.4, 0.5) is 11.8 Å². The number of likely N-dealkylation sites (N-methyl/N-ethyl adjacent to an activating group) is 1. The van der Waals surface area contributed by atoms with E-state index in [0.717, 1.165) is 11.2 Å². The van der Waals surface area contributed by atoms with E-state index >= 15 is 0 Å². The minimum absolute atomic E-state index is 0.177. The molecule has 0 bridgehead atoms. The number of hydrogen-bond donors (Lipinski definition) is 2. The van der Waals surface area contributed by atoms with E-state index in [1.54, 1.807) is 13.0 Å². The molecule has 23 heavy (non-hydrogen) atoms. The Morgan fingerprint density at radius 3 is 2.57 bits per heavy atom. The molecule has 124 valence electrons. The van der Waals surface area contributed by atoms with Crippen LogP contribution in [0.3, 0.4) is 0 Å². The van der Waals surface area contributed by atoms with Crippen molar-refractivity contribution in [1.29, 1.82) is 0 Å². The SMILES string of the molecule is Cc1cc(N(C)CCc2ccccc2)nc(N)[n+]1OS(=O)(=O)O. The molecule has 0 unspecified atom stereocenters. The number of rotatable bonds is 6. The van der Waals surface area contributed by atoms with Gasteiger partial charge >= 0.3 is 16.3 Å². The van der Waals surface area contributed by atoms with Crippen LogP contribution in [0.1, 0.15) is 11.3 Å². The van der Waals surface area contributed by atoms with Gasteiger partial charge in [0, 0.05) is 19.7 Å². The fourth-order valence-corrected chi connectivity index (χ4v) is 2.45. The lowest BCUT2D eigenvalue weighted by atomic mass is 10.1. The lowest BCUT2D eigenvalue weighted by Gasteiger charge is -2.16. The molecule has 1 heterocycles. The zero-order chi connectivity index (χ0) is 17.0. The Morgan fingerprint density at radius 2 is 2.00 bits per heavy atom. The molecule has 9 heteroatoms. The summed E-state index contributed by atoms with van der Waals surface area (Å²) < 4.78 is 35.5. The summed E-state index contributed by atoms with van der Waals surface area (Å²) in [6.07, 6.45) is 0.828. The van der Waals surface area contributed by atoms with Gasteiger partial charge in [0.25, 0.3) is 0 Å². The van der Waals surface area contributed by atoms with Crippen molar-refractivity contribution in [3.05, 3.63) is 47.7 Å². The van der Waals surface area contributed by atoms with Crippen LogP contribution in [-0.4, -0.2) is 31.5 Å². The molecule has 0 fully saturated rings. The maximum absolute atomic E-state index is 10.8.